The first-order valence-electron chi connectivity index (χ1n) is 10.0. The molecule has 8 heteroatoms. The van der Waals surface area contributed by atoms with Crippen molar-refractivity contribution in [3.05, 3.63) is 68.6 Å². The number of ether oxygens (including phenoxy) is 1. The van der Waals surface area contributed by atoms with E-state index in [2.05, 4.69) is 22.0 Å². The quantitative estimate of drug-likeness (QED) is 0.117. The van der Waals surface area contributed by atoms with Crippen molar-refractivity contribution < 1.29 is 14.3 Å². The van der Waals surface area contributed by atoms with Crippen molar-refractivity contribution in [2.24, 2.45) is 0 Å². The fourth-order valence-electron chi connectivity index (χ4n) is 3.56. The first-order valence-corrected chi connectivity index (χ1v) is 12.6. The van der Waals surface area contributed by atoms with E-state index in [1.807, 2.05) is 41.8 Å². The van der Waals surface area contributed by atoms with E-state index in [0.717, 1.165) is 19.8 Å². The Bertz CT molecular complexity index is 1380. The second kappa shape index (κ2) is 9.49. The van der Waals surface area contributed by atoms with Gasteiger partial charge in [0.1, 0.15) is 0 Å². The summed E-state index contributed by atoms with van der Waals surface area (Å²) in [5.74, 6) is 0.0194. The maximum absolute atomic E-state index is 13.6. The number of hydrogen-bond donors (Lipinski definition) is 0. The van der Waals surface area contributed by atoms with Crippen LogP contribution >= 0.6 is 39.0 Å². The third kappa shape index (κ3) is 4.08. The number of benzene rings is 1. The maximum atomic E-state index is 13.6. The fraction of sp³-hybridized carbons (Fsp3) is 0.208. The Morgan fingerprint density at radius 1 is 1.25 bits per heavy atom. The Morgan fingerprint density at radius 2 is 2.00 bits per heavy atom. The van der Waals surface area contributed by atoms with Gasteiger partial charge in [0.05, 0.1) is 38.4 Å². The van der Waals surface area contributed by atoms with E-state index < -0.39 is 5.97 Å². The number of nitriles is 1. The van der Waals surface area contributed by atoms with Gasteiger partial charge < -0.3 is 9.14 Å². The normalized spacial score (nSPS) is 11.1. The molecule has 0 N–H and O–H groups in total. The molecule has 4 rings (SSSR count). The highest BCUT2D eigenvalue weighted by atomic mass is 79.9. The van der Waals surface area contributed by atoms with Gasteiger partial charge in [0.2, 0.25) is 5.78 Å². The zero-order valence-corrected chi connectivity index (χ0v) is 20.7. The van der Waals surface area contributed by atoms with Gasteiger partial charge in [0.25, 0.3) is 0 Å². The fourth-order valence-corrected chi connectivity index (χ4v) is 6.27. The van der Waals surface area contributed by atoms with Crippen LogP contribution in [0.15, 0.2) is 51.3 Å². The van der Waals surface area contributed by atoms with Gasteiger partial charge in [-0.15, -0.1) is 23.1 Å². The summed E-state index contributed by atoms with van der Waals surface area (Å²) in [5, 5.41) is 9.59. The molecule has 3 aromatic heterocycles. The molecule has 32 heavy (non-hydrogen) atoms. The number of thioether (sulfide) groups is 1. The van der Waals surface area contributed by atoms with Crippen molar-refractivity contribution in [3.8, 4) is 6.07 Å². The number of thiophene rings is 1. The predicted octanol–water partition coefficient (Wildman–Crippen LogP) is 6.64. The van der Waals surface area contributed by atoms with Gasteiger partial charge in [0, 0.05) is 33.8 Å². The van der Waals surface area contributed by atoms with Crippen LogP contribution in [-0.4, -0.2) is 28.5 Å². The third-order valence-electron chi connectivity index (χ3n) is 4.95. The summed E-state index contributed by atoms with van der Waals surface area (Å²) in [5.41, 5.74) is 3.50. The highest BCUT2D eigenvalue weighted by Gasteiger charge is 2.29. The summed E-state index contributed by atoms with van der Waals surface area (Å²) in [6.07, 6.45) is 2.32. The molecule has 4 aromatic rings. The van der Waals surface area contributed by atoms with Crippen LogP contribution in [-0.2, 0) is 4.74 Å². The van der Waals surface area contributed by atoms with E-state index in [-0.39, 0.29) is 12.4 Å². The van der Waals surface area contributed by atoms with Crippen LogP contribution in [0, 0.1) is 18.3 Å². The minimum atomic E-state index is -0.443. The van der Waals surface area contributed by atoms with E-state index in [1.54, 1.807) is 19.1 Å². The summed E-state index contributed by atoms with van der Waals surface area (Å²) in [6, 6.07) is 13.3. The number of nitrogens with zero attached hydrogens (tertiary/aromatic N) is 2. The van der Waals surface area contributed by atoms with Gasteiger partial charge in [-0.3, -0.25) is 4.79 Å². The van der Waals surface area contributed by atoms with Crippen molar-refractivity contribution in [2.75, 3.05) is 12.4 Å². The molecule has 0 aliphatic rings. The summed E-state index contributed by atoms with van der Waals surface area (Å²) < 4.78 is 9.14. The smallest absolute Gasteiger partial charge is 0.341 e. The first kappa shape index (κ1) is 22.6. The Labute approximate surface area is 202 Å². The van der Waals surface area contributed by atoms with Crippen molar-refractivity contribution in [2.45, 2.75) is 24.5 Å². The van der Waals surface area contributed by atoms with Gasteiger partial charge in [-0.25, -0.2) is 4.79 Å². The Kier molecular flexibility index (Phi) is 6.70. The molecule has 3 heterocycles. The molecule has 0 radical (unpaired) electrons. The van der Waals surface area contributed by atoms with Crippen molar-refractivity contribution in [1.82, 2.24) is 4.40 Å². The van der Waals surface area contributed by atoms with Gasteiger partial charge in [0.15, 0.2) is 0 Å². The monoisotopic (exact) mass is 526 g/mol. The van der Waals surface area contributed by atoms with Crippen LogP contribution in [0.25, 0.3) is 16.4 Å². The average molecular weight is 527 g/mol. The van der Waals surface area contributed by atoms with Crippen LogP contribution < -0.4 is 0 Å². The Hall–Kier alpha value is -2.60. The number of rotatable bonds is 7. The molecule has 0 saturated heterocycles. The lowest BCUT2D eigenvalue weighted by atomic mass is 10.1. The van der Waals surface area contributed by atoms with E-state index >= 15 is 0 Å². The minimum Gasteiger partial charge on any atom is -0.462 e. The number of pyridine rings is 1. The van der Waals surface area contributed by atoms with E-state index in [9.17, 15) is 9.59 Å². The molecule has 0 spiro atoms. The highest BCUT2D eigenvalue weighted by Crippen LogP contribution is 2.44. The topological polar surface area (TPSA) is 71.6 Å². The highest BCUT2D eigenvalue weighted by molar-refractivity contribution is 9.10. The summed E-state index contributed by atoms with van der Waals surface area (Å²) in [4.78, 5) is 27.1. The molecule has 0 amide bonds. The second-order valence-corrected chi connectivity index (χ2v) is 10.4. The van der Waals surface area contributed by atoms with Crippen molar-refractivity contribution in [1.29, 1.82) is 5.26 Å². The van der Waals surface area contributed by atoms with E-state index in [1.165, 1.54) is 23.1 Å². The van der Waals surface area contributed by atoms with Gasteiger partial charge in [-0.2, -0.15) is 5.26 Å². The molecular weight excluding hydrogens is 508 g/mol. The summed E-state index contributed by atoms with van der Waals surface area (Å²) in [6.45, 7) is 3.97. The van der Waals surface area contributed by atoms with Gasteiger partial charge >= 0.3 is 5.97 Å². The van der Waals surface area contributed by atoms with E-state index in [4.69, 9.17) is 10.00 Å². The molecule has 0 aliphatic carbocycles. The van der Waals surface area contributed by atoms with Crippen molar-refractivity contribution in [3.63, 3.8) is 0 Å². The molecule has 0 fully saturated rings. The van der Waals surface area contributed by atoms with Gasteiger partial charge in [-0.1, -0.05) is 15.9 Å². The van der Waals surface area contributed by atoms with Gasteiger partial charge in [-0.05, 0) is 55.8 Å². The molecule has 0 saturated carbocycles. The van der Waals surface area contributed by atoms with Crippen LogP contribution in [0.3, 0.4) is 0 Å². The molecule has 0 atom stereocenters. The van der Waals surface area contributed by atoms with Crippen LogP contribution in [0.1, 0.15) is 44.5 Å². The number of esters is 1. The van der Waals surface area contributed by atoms with Crippen molar-refractivity contribution >= 4 is 67.2 Å². The second-order valence-electron chi connectivity index (χ2n) is 7.09. The van der Waals surface area contributed by atoms with Crippen LogP contribution in [0.2, 0.25) is 0 Å². The zero-order chi connectivity index (χ0) is 22.8. The Morgan fingerprint density at radius 3 is 2.69 bits per heavy atom. The summed E-state index contributed by atoms with van der Waals surface area (Å²) >= 11 is 6.31. The molecule has 0 unspecified atom stereocenters. The lowest BCUT2D eigenvalue weighted by Crippen LogP contribution is -2.06. The lowest BCUT2D eigenvalue weighted by molar-refractivity contribution is 0.0531. The molecule has 0 aliphatic heterocycles. The molecular formula is C24H19BrN2O3S2. The molecule has 162 valence electrons. The number of carbonyl (C=O) groups excluding carboxylic acids is 2. The zero-order valence-electron chi connectivity index (χ0n) is 17.5. The van der Waals surface area contributed by atoms with Crippen LogP contribution in [0.4, 0.5) is 0 Å². The average Bonchev–Trinajstić information content (AvgIpc) is 3.29. The molecule has 0 bridgehead atoms. The number of aryl methyl sites for hydroxylation is 1. The van der Waals surface area contributed by atoms with E-state index in [0.29, 0.717) is 39.1 Å². The summed E-state index contributed by atoms with van der Waals surface area (Å²) in [7, 11) is 0. The third-order valence-corrected chi connectivity index (χ3v) is 7.92. The maximum Gasteiger partial charge on any atom is 0.341 e. The largest absolute Gasteiger partial charge is 0.462 e. The Balaban J connectivity index is 2.03. The number of halogens is 1. The predicted molar refractivity (Wildman–Crippen MR) is 132 cm³/mol. The van der Waals surface area contributed by atoms with Crippen LogP contribution in [0.5, 0.6) is 0 Å². The number of hydrogen-bond acceptors (Lipinski definition) is 6. The SMILES string of the molecule is CCOC(=O)c1c2c(C(=O)c3ccc(Br)cc3)sc(SCCC#N)c2n2ccc(C)cc12. The number of aromatic nitrogens is 1. The number of ketones is 1. The number of fused-ring (bicyclic) bond motifs is 3. The first-order chi connectivity index (χ1) is 15.5. The standard InChI is InChI=1S/C24H19BrN2O3S2/c1-3-30-23(29)18-17-13-14(2)9-11-27(17)20-19(18)22(32-24(20)31-12-4-10-26)21(28)15-5-7-16(25)8-6-15/h5-9,11,13H,3-4,12H2,1-2H3. The lowest BCUT2D eigenvalue weighted by Gasteiger charge is -2.05. The minimum absolute atomic E-state index is 0.141. The molecule has 5 nitrogen and oxygen atoms in total. The molecule has 1 aromatic carbocycles. The number of carbonyl (C=O) groups is 2.